The van der Waals surface area contributed by atoms with E-state index in [-0.39, 0.29) is 23.6 Å². The minimum absolute atomic E-state index is 0.0907. The first-order valence-electron chi connectivity index (χ1n) is 11.6. The SMILES string of the molecule is O=C(CCc1ccccc1)N1CCC(CN2CC(C(=O)N3CCOCC3)CC2=O)CC1. The Balaban J connectivity index is 1.19. The van der Waals surface area contributed by atoms with Gasteiger partial charge < -0.3 is 19.4 Å². The highest BCUT2D eigenvalue weighted by Crippen LogP contribution is 2.25. The van der Waals surface area contributed by atoms with Crippen LogP contribution in [0.1, 0.15) is 31.2 Å². The van der Waals surface area contributed by atoms with E-state index in [4.69, 9.17) is 4.74 Å². The summed E-state index contributed by atoms with van der Waals surface area (Å²) in [7, 11) is 0. The molecule has 3 aliphatic rings. The lowest BCUT2D eigenvalue weighted by Gasteiger charge is -2.34. The van der Waals surface area contributed by atoms with Gasteiger partial charge in [-0.15, -0.1) is 0 Å². The van der Waals surface area contributed by atoms with Gasteiger partial charge in [-0.2, -0.15) is 0 Å². The molecular formula is C24H33N3O4. The van der Waals surface area contributed by atoms with Gasteiger partial charge >= 0.3 is 0 Å². The molecule has 3 heterocycles. The second-order valence-electron chi connectivity index (χ2n) is 8.95. The Kier molecular flexibility index (Phi) is 7.22. The van der Waals surface area contributed by atoms with E-state index in [1.165, 1.54) is 5.56 Å². The zero-order valence-electron chi connectivity index (χ0n) is 18.2. The van der Waals surface area contributed by atoms with E-state index in [0.717, 1.165) is 32.4 Å². The molecule has 0 aromatic heterocycles. The van der Waals surface area contributed by atoms with Gasteiger partial charge in [0, 0.05) is 52.1 Å². The van der Waals surface area contributed by atoms with E-state index < -0.39 is 0 Å². The van der Waals surface area contributed by atoms with Crippen LogP contribution in [0.25, 0.3) is 0 Å². The molecule has 31 heavy (non-hydrogen) atoms. The molecule has 7 heteroatoms. The van der Waals surface area contributed by atoms with Crippen molar-refractivity contribution in [3.05, 3.63) is 35.9 Å². The lowest BCUT2D eigenvalue weighted by atomic mass is 9.95. The maximum absolute atomic E-state index is 12.7. The fourth-order valence-electron chi connectivity index (χ4n) is 4.89. The predicted octanol–water partition coefficient (Wildman–Crippen LogP) is 1.57. The number of amides is 3. The highest BCUT2D eigenvalue weighted by Gasteiger charge is 2.38. The van der Waals surface area contributed by atoms with Gasteiger partial charge in [0.25, 0.3) is 0 Å². The Labute approximate surface area is 184 Å². The molecule has 1 atom stereocenters. The lowest BCUT2D eigenvalue weighted by Crippen LogP contribution is -2.45. The highest BCUT2D eigenvalue weighted by atomic mass is 16.5. The third kappa shape index (κ3) is 5.64. The van der Waals surface area contributed by atoms with Crippen LogP contribution in [-0.4, -0.2) is 84.9 Å². The van der Waals surface area contributed by atoms with Gasteiger partial charge in [0.1, 0.15) is 0 Å². The fraction of sp³-hybridized carbons (Fsp3) is 0.625. The van der Waals surface area contributed by atoms with Crippen LogP contribution in [0, 0.1) is 11.8 Å². The standard InChI is InChI=1S/C24H33N3O4/c28-22(7-6-19-4-2-1-3-5-19)25-10-8-20(9-11-25)17-27-18-21(16-23(27)29)24(30)26-12-14-31-15-13-26/h1-5,20-21H,6-18H2. The van der Waals surface area contributed by atoms with Crippen LogP contribution in [-0.2, 0) is 25.5 Å². The van der Waals surface area contributed by atoms with Crippen LogP contribution in [0.2, 0.25) is 0 Å². The third-order valence-corrected chi connectivity index (χ3v) is 6.80. The van der Waals surface area contributed by atoms with Crippen molar-refractivity contribution in [1.29, 1.82) is 0 Å². The first-order valence-corrected chi connectivity index (χ1v) is 11.6. The van der Waals surface area contributed by atoms with Crippen LogP contribution in [0.4, 0.5) is 0 Å². The number of piperidine rings is 1. The average molecular weight is 428 g/mol. The van der Waals surface area contributed by atoms with Gasteiger partial charge in [-0.3, -0.25) is 14.4 Å². The number of nitrogens with zero attached hydrogens (tertiary/aromatic N) is 3. The number of carbonyl (C=O) groups excluding carboxylic acids is 3. The molecule has 3 amide bonds. The van der Waals surface area contributed by atoms with Gasteiger partial charge in [-0.1, -0.05) is 30.3 Å². The molecule has 0 aliphatic carbocycles. The summed E-state index contributed by atoms with van der Waals surface area (Å²) >= 11 is 0. The molecule has 7 nitrogen and oxygen atoms in total. The minimum atomic E-state index is -0.217. The van der Waals surface area contributed by atoms with E-state index >= 15 is 0 Å². The summed E-state index contributed by atoms with van der Waals surface area (Å²) in [4.78, 5) is 43.5. The molecular weight excluding hydrogens is 394 g/mol. The number of hydrogen-bond acceptors (Lipinski definition) is 4. The number of hydrogen-bond donors (Lipinski definition) is 0. The summed E-state index contributed by atoms with van der Waals surface area (Å²) in [6.07, 6.45) is 3.49. The van der Waals surface area contributed by atoms with E-state index in [9.17, 15) is 14.4 Å². The van der Waals surface area contributed by atoms with E-state index in [0.29, 0.717) is 58.2 Å². The molecule has 0 radical (unpaired) electrons. The van der Waals surface area contributed by atoms with Crippen molar-refractivity contribution < 1.29 is 19.1 Å². The van der Waals surface area contributed by atoms with Gasteiger partial charge in [0.15, 0.2) is 0 Å². The zero-order chi connectivity index (χ0) is 21.6. The van der Waals surface area contributed by atoms with Crippen molar-refractivity contribution in [2.45, 2.75) is 32.1 Å². The van der Waals surface area contributed by atoms with Crippen molar-refractivity contribution in [2.75, 3.05) is 52.5 Å². The first-order chi connectivity index (χ1) is 15.1. The van der Waals surface area contributed by atoms with E-state index in [2.05, 4.69) is 12.1 Å². The summed E-state index contributed by atoms with van der Waals surface area (Å²) in [6, 6.07) is 10.1. The third-order valence-electron chi connectivity index (χ3n) is 6.80. The van der Waals surface area contributed by atoms with Crippen LogP contribution in [0.5, 0.6) is 0 Å². The summed E-state index contributed by atoms with van der Waals surface area (Å²) in [5.41, 5.74) is 1.19. The Bertz CT molecular complexity index is 770. The molecule has 4 rings (SSSR count). The summed E-state index contributed by atoms with van der Waals surface area (Å²) in [5.74, 6) is 0.589. The molecule has 3 saturated heterocycles. The fourth-order valence-corrected chi connectivity index (χ4v) is 4.89. The first kappa shape index (κ1) is 21.8. The van der Waals surface area contributed by atoms with Gasteiger partial charge in [-0.25, -0.2) is 0 Å². The maximum atomic E-state index is 12.7. The second-order valence-corrected chi connectivity index (χ2v) is 8.95. The monoisotopic (exact) mass is 427 g/mol. The molecule has 1 unspecified atom stereocenters. The Morgan fingerprint density at radius 1 is 0.968 bits per heavy atom. The quantitative estimate of drug-likeness (QED) is 0.691. The number of morpholine rings is 1. The van der Waals surface area contributed by atoms with Crippen molar-refractivity contribution in [1.82, 2.24) is 14.7 Å². The number of benzene rings is 1. The number of aryl methyl sites for hydroxylation is 1. The molecule has 1 aromatic carbocycles. The Hall–Kier alpha value is -2.41. The molecule has 168 valence electrons. The molecule has 0 saturated carbocycles. The predicted molar refractivity (Wildman–Crippen MR) is 116 cm³/mol. The minimum Gasteiger partial charge on any atom is -0.378 e. The maximum Gasteiger partial charge on any atom is 0.228 e. The molecule has 0 spiro atoms. The van der Waals surface area contributed by atoms with Crippen molar-refractivity contribution >= 4 is 17.7 Å². The number of carbonyl (C=O) groups is 3. The molecule has 0 bridgehead atoms. The average Bonchev–Trinajstić information content (AvgIpc) is 3.18. The van der Waals surface area contributed by atoms with Crippen LogP contribution >= 0.6 is 0 Å². The highest BCUT2D eigenvalue weighted by molar-refractivity contribution is 5.89. The lowest BCUT2D eigenvalue weighted by molar-refractivity contribution is -0.139. The van der Waals surface area contributed by atoms with E-state index in [1.54, 1.807) is 0 Å². The molecule has 3 aliphatic heterocycles. The van der Waals surface area contributed by atoms with Crippen LogP contribution < -0.4 is 0 Å². The van der Waals surface area contributed by atoms with E-state index in [1.807, 2.05) is 32.9 Å². The zero-order valence-corrected chi connectivity index (χ0v) is 18.2. The number of ether oxygens (including phenoxy) is 1. The normalized spacial score (nSPS) is 22.8. The van der Waals surface area contributed by atoms with Crippen LogP contribution in [0.15, 0.2) is 30.3 Å². The second kappa shape index (κ2) is 10.3. The van der Waals surface area contributed by atoms with Gasteiger partial charge in [0.05, 0.1) is 19.1 Å². The number of rotatable bonds is 6. The Morgan fingerprint density at radius 2 is 1.68 bits per heavy atom. The van der Waals surface area contributed by atoms with Gasteiger partial charge in [-0.05, 0) is 30.7 Å². The smallest absolute Gasteiger partial charge is 0.228 e. The summed E-state index contributed by atoms with van der Waals surface area (Å²) in [5, 5.41) is 0. The molecule has 3 fully saturated rings. The summed E-state index contributed by atoms with van der Waals surface area (Å²) in [6.45, 7) is 5.17. The topological polar surface area (TPSA) is 70.2 Å². The number of likely N-dealkylation sites (tertiary alicyclic amines) is 2. The molecule has 0 N–H and O–H groups in total. The van der Waals surface area contributed by atoms with Gasteiger partial charge in [0.2, 0.25) is 17.7 Å². The van der Waals surface area contributed by atoms with Crippen molar-refractivity contribution in [3.63, 3.8) is 0 Å². The van der Waals surface area contributed by atoms with Crippen molar-refractivity contribution in [3.8, 4) is 0 Å². The Morgan fingerprint density at radius 3 is 2.39 bits per heavy atom. The molecule has 1 aromatic rings. The van der Waals surface area contributed by atoms with Crippen LogP contribution in [0.3, 0.4) is 0 Å². The van der Waals surface area contributed by atoms with Crippen molar-refractivity contribution in [2.24, 2.45) is 11.8 Å². The summed E-state index contributed by atoms with van der Waals surface area (Å²) < 4.78 is 5.32. The largest absolute Gasteiger partial charge is 0.378 e.